The summed E-state index contributed by atoms with van der Waals surface area (Å²) >= 11 is 0. The molecule has 1 unspecified atom stereocenters. The van der Waals surface area contributed by atoms with Crippen molar-refractivity contribution in [2.24, 2.45) is 0 Å². The van der Waals surface area contributed by atoms with Crippen molar-refractivity contribution in [2.45, 2.75) is 45.1 Å². The van der Waals surface area contributed by atoms with E-state index in [2.05, 4.69) is 0 Å². The summed E-state index contributed by atoms with van der Waals surface area (Å²) in [5, 5.41) is 10.7. The number of benzene rings is 2. The Morgan fingerprint density at radius 1 is 1.19 bits per heavy atom. The molecule has 0 aromatic heterocycles. The SMILES string of the molecule is CCCCC(=O)Oc1cc2c(cc1C(O)CCc1ccccc1)OCO2. The van der Waals surface area contributed by atoms with Crippen molar-refractivity contribution >= 4 is 5.97 Å². The second-order valence-electron chi connectivity index (χ2n) is 6.36. The van der Waals surface area contributed by atoms with Crippen LogP contribution in [-0.2, 0) is 11.2 Å². The number of hydrogen-bond acceptors (Lipinski definition) is 5. The van der Waals surface area contributed by atoms with Crippen molar-refractivity contribution in [1.82, 2.24) is 0 Å². The third-order valence-corrected chi connectivity index (χ3v) is 4.37. The molecule has 0 saturated carbocycles. The fourth-order valence-corrected chi connectivity index (χ4v) is 2.89. The summed E-state index contributed by atoms with van der Waals surface area (Å²) in [5.41, 5.74) is 1.70. The van der Waals surface area contributed by atoms with Gasteiger partial charge in [-0.1, -0.05) is 43.7 Å². The summed E-state index contributed by atoms with van der Waals surface area (Å²) in [6.07, 6.45) is 2.52. The van der Waals surface area contributed by atoms with Crippen LogP contribution in [0, 0.1) is 0 Å². The number of hydrogen-bond donors (Lipinski definition) is 1. The first-order valence-corrected chi connectivity index (χ1v) is 9.03. The highest BCUT2D eigenvalue weighted by Crippen LogP contribution is 2.41. The van der Waals surface area contributed by atoms with Crippen LogP contribution in [0.5, 0.6) is 17.2 Å². The van der Waals surface area contributed by atoms with E-state index in [9.17, 15) is 9.90 Å². The number of fused-ring (bicyclic) bond motifs is 1. The zero-order chi connectivity index (χ0) is 18.4. The monoisotopic (exact) mass is 356 g/mol. The summed E-state index contributed by atoms with van der Waals surface area (Å²) in [5.74, 6) is 1.13. The summed E-state index contributed by atoms with van der Waals surface area (Å²) in [6, 6.07) is 13.3. The Labute approximate surface area is 153 Å². The number of ether oxygens (including phenoxy) is 3. The summed E-state index contributed by atoms with van der Waals surface area (Å²) in [4.78, 5) is 12.0. The van der Waals surface area contributed by atoms with E-state index in [1.807, 2.05) is 37.3 Å². The molecule has 1 N–H and O–H groups in total. The smallest absolute Gasteiger partial charge is 0.311 e. The molecule has 0 fully saturated rings. The molecule has 3 rings (SSSR count). The van der Waals surface area contributed by atoms with Crippen molar-refractivity contribution < 1.29 is 24.1 Å². The van der Waals surface area contributed by atoms with Crippen LogP contribution < -0.4 is 14.2 Å². The minimum atomic E-state index is -0.765. The van der Waals surface area contributed by atoms with Gasteiger partial charge in [0.05, 0.1) is 6.10 Å². The molecule has 2 aromatic rings. The van der Waals surface area contributed by atoms with Crippen LogP contribution in [0.15, 0.2) is 42.5 Å². The fraction of sp³-hybridized carbons (Fsp3) is 0.381. The molecule has 1 heterocycles. The lowest BCUT2D eigenvalue weighted by molar-refractivity contribution is -0.134. The van der Waals surface area contributed by atoms with Crippen LogP contribution in [0.4, 0.5) is 0 Å². The van der Waals surface area contributed by atoms with Crippen LogP contribution in [-0.4, -0.2) is 17.9 Å². The Morgan fingerprint density at radius 3 is 2.65 bits per heavy atom. The average Bonchev–Trinajstić information content (AvgIpc) is 3.12. The molecule has 1 atom stereocenters. The number of carbonyl (C=O) groups is 1. The quantitative estimate of drug-likeness (QED) is 0.568. The molecule has 0 aliphatic carbocycles. The molecule has 0 radical (unpaired) electrons. The highest BCUT2D eigenvalue weighted by Gasteiger charge is 2.23. The van der Waals surface area contributed by atoms with Gasteiger partial charge in [0, 0.05) is 18.1 Å². The predicted molar refractivity (Wildman–Crippen MR) is 97.4 cm³/mol. The molecule has 26 heavy (non-hydrogen) atoms. The lowest BCUT2D eigenvalue weighted by Crippen LogP contribution is -2.11. The molecule has 1 aliphatic heterocycles. The normalized spacial score (nSPS) is 13.5. The number of aryl methyl sites for hydroxylation is 1. The van der Waals surface area contributed by atoms with E-state index < -0.39 is 6.10 Å². The lowest BCUT2D eigenvalue weighted by Gasteiger charge is -2.16. The van der Waals surface area contributed by atoms with Gasteiger partial charge in [0.15, 0.2) is 11.5 Å². The van der Waals surface area contributed by atoms with Crippen LogP contribution in [0.25, 0.3) is 0 Å². The highest BCUT2D eigenvalue weighted by atomic mass is 16.7. The van der Waals surface area contributed by atoms with Crippen molar-refractivity contribution in [3.05, 3.63) is 53.6 Å². The molecule has 0 saturated heterocycles. The van der Waals surface area contributed by atoms with Crippen LogP contribution in [0.2, 0.25) is 0 Å². The van der Waals surface area contributed by atoms with Crippen molar-refractivity contribution in [1.29, 1.82) is 0 Å². The third-order valence-electron chi connectivity index (χ3n) is 4.37. The molecule has 1 aliphatic rings. The van der Waals surface area contributed by atoms with Crippen molar-refractivity contribution in [3.8, 4) is 17.2 Å². The largest absolute Gasteiger partial charge is 0.454 e. The zero-order valence-electron chi connectivity index (χ0n) is 14.9. The molecular weight excluding hydrogens is 332 g/mol. The molecule has 138 valence electrons. The van der Waals surface area contributed by atoms with E-state index in [4.69, 9.17) is 14.2 Å². The third kappa shape index (κ3) is 4.55. The van der Waals surface area contributed by atoms with E-state index in [1.165, 1.54) is 0 Å². The van der Waals surface area contributed by atoms with E-state index >= 15 is 0 Å². The highest BCUT2D eigenvalue weighted by molar-refractivity contribution is 5.73. The molecule has 0 spiro atoms. The first-order chi connectivity index (χ1) is 12.7. The summed E-state index contributed by atoms with van der Waals surface area (Å²) < 4.78 is 16.3. The van der Waals surface area contributed by atoms with Gasteiger partial charge in [0.25, 0.3) is 0 Å². The van der Waals surface area contributed by atoms with E-state index in [0.717, 1.165) is 24.8 Å². The molecule has 5 heteroatoms. The molecule has 0 bridgehead atoms. The van der Waals surface area contributed by atoms with Crippen LogP contribution in [0.1, 0.15) is 49.8 Å². The van der Waals surface area contributed by atoms with Crippen LogP contribution >= 0.6 is 0 Å². The molecule has 5 nitrogen and oxygen atoms in total. The van der Waals surface area contributed by atoms with Gasteiger partial charge in [-0.15, -0.1) is 0 Å². The van der Waals surface area contributed by atoms with Gasteiger partial charge in [-0.2, -0.15) is 0 Å². The number of carbonyl (C=O) groups excluding carboxylic acids is 1. The second kappa shape index (κ2) is 8.72. The van der Waals surface area contributed by atoms with Gasteiger partial charge in [0.1, 0.15) is 5.75 Å². The summed E-state index contributed by atoms with van der Waals surface area (Å²) in [6.45, 7) is 2.15. The molecule has 2 aromatic carbocycles. The maximum Gasteiger partial charge on any atom is 0.311 e. The topological polar surface area (TPSA) is 65.0 Å². The number of esters is 1. The lowest BCUT2D eigenvalue weighted by atomic mass is 10.00. The van der Waals surface area contributed by atoms with Gasteiger partial charge in [0.2, 0.25) is 6.79 Å². The minimum Gasteiger partial charge on any atom is -0.454 e. The van der Waals surface area contributed by atoms with E-state index in [-0.39, 0.29) is 12.8 Å². The molecular formula is C21H24O5. The molecule has 0 amide bonds. The Kier molecular flexibility index (Phi) is 6.12. The first kappa shape index (κ1) is 18.3. The maximum atomic E-state index is 12.0. The van der Waals surface area contributed by atoms with Gasteiger partial charge < -0.3 is 19.3 Å². The fourth-order valence-electron chi connectivity index (χ4n) is 2.89. The Balaban J connectivity index is 1.76. The number of aliphatic hydroxyl groups excluding tert-OH is 1. The Hall–Kier alpha value is -2.53. The van der Waals surface area contributed by atoms with Gasteiger partial charge >= 0.3 is 5.97 Å². The maximum absolute atomic E-state index is 12.0. The first-order valence-electron chi connectivity index (χ1n) is 9.03. The van der Waals surface area contributed by atoms with Crippen molar-refractivity contribution in [3.63, 3.8) is 0 Å². The second-order valence-corrected chi connectivity index (χ2v) is 6.36. The van der Waals surface area contributed by atoms with Crippen LogP contribution in [0.3, 0.4) is 0 Å². The van der Waals surface area contributed by atoms with E-state index in [1.54, 1.807) is 12.1 Å². The minimum absolute atomic E-state index is 0.127. The van der Waals surface area contributed by atoms with Gasteiger partial charge in [-0.25, -0.2) is 0 Å². The van der Waals surface area contributed by atoms with Crippen molar-refractivity contribution in [2.75, 3.05) is 6.79 Å². The van der Waals surface area contributed by atoms with Gasteiger partial charge in [-0.05, 0) is 30.9 Å². The average molecular weight is 356 g/mol. The Bertz CT molecular complexity index is 742. The number of rotatable bonds is 8. The van der Waals surface area contributed by atoms with Gasteiger partial charge in [-0.3, -0.25) is 4.79 Å². The van der Waals surface area contributed by atoms with E-state index in [0.29, 0.717) is 35.7 Å². The Morgan fingerprint density at radius 2 is 1.92 bits per heavy atom. The standard InChI is InChI=1S/C21H24O5/c1-2-3-9-21(23)26-18-13-20-19(24-14-25-20)12-16(18)17(22)11-10-15-7-5-4-6-8-15/h4-8,12-13,17,22H,2-3,9-11,14H2,1H3. The predicted octanol–water partition coefficient (Wildman–Crippen LogP) is 4.18. The summed E-state index contributed by atoms with van der Waals surface area (Å²) in [7, 11) is 0. The number of aliphatic hydroxyl groups is 1. The zero-order valence-corrected chi connectivity index (χ0v) is 14.9. The number of unbranched alkanes of at least 4 members (excludes halogenated alkanes) is 1.